The molecule has 33 heavy (non-hydrogen) atoms. The molecule has 3 heterocycles. The number of allylic oxidation sites excluding steroid dienone is 1. The molecule has 4 aromatic rings. The van der Waals surface area contributed by atoms with Gasteiger partial charge in [-0.1, -0.05) is 0 Å². The Morgan fingerprint density at radius 3 is 2.24 bits per heavy atom. The van der Waals surface area contributed by atoms with Gasteiger partial charge in [0.15, 0.2) is 0 Å². The van der Waals surface area contributed by atoms with E-state index in [1.54, 1.807) is 30.3 Å². The third kappa shape index (κ3) is 2.93. The minimum atomic E-state index is -0.183. The van der Waals surface area contributed by atoms with E-state index in [9.17, 15) is 9.59 Å². The van der Waals surface area contributed by atoms with Crippen LogP contribution in [0.25, 0.3) is 6.08 Å². The van der Waals surface area contributed by atoms with Crippen molar-refractivity contribution >= 4 is 48.2 Å². The summed E-state index contributed by atoms with van der Waals surface area (Å²) in [5.74, 6) is 0.577. The Bertz CT molecular complexity index is 1410. The summed E-state index contributed by atoms with van der Waals surface area (Å²) in [6.07, 6.45) is 3.62. The molecule has 6 rings (SSSR count). The van der Waals surface area contributed by atoms with Gasteiger partial charge in [0.1, 0.15) is 0 Å². The second-order valence-electron chi connectivity index (χ2n) is 8.79. The van der Waals surface area contributed by atoms with Crippen molar-refractivity contribution in [3.8, 4) is 0 Å². The van der Waals surface area contributed by atoms with Crippen LogP contribution in [0.1, 0.15) is 50.1 Å². The number of carbonyl (C=O) groups is 2. The van der Waals surface area contributed by atoms with Gasteiger partial charge in [-0.2, -0.15) is 0 Å². The molecular weight excluding hydrogens is 475 g/mol. The Kier molecular flexibility index (Phi) is 4.41. The number of ketones is 2. The molecule has 2 aromatic heterocycles. The van der Waals surface area contributed by atoms with Crippen LogP contribution in [0.5, 0.6) is 0 Å². The molecule has 0 radical (unpaired) electrons. The van der Waals surface area contributed by atoms with Gasteiger partial charge in [-0.3, -0.25) is 0 Å². The summed E-state index contributed by atoms with van der Waals surface area (Å²) in [5.41, 5.74) is 4.67. The van der Waals surface area contributed by atoms with Gasteiger partial charge >= 0.3 is 198 Å². The van der Waals surface area contributed by atoms with E-state index in [0.717, 1.165) is 20.5 Å². The average Bonchev–Trinajstić information content (AvgIpc) is 3.39. The van der Waals surface area contributed by atoms with Crippen LogP contribution in [-0.4, -0.2) is 31.1 Å². The third-order valence-corrected chi connectivity index (χ3v) is 8.65. The number of hydrogen-bond acceptors (Lipinski definition) is 4. The fraction of sp³-hybridized carbons (Fsp3) is 0.107. The molecule has 0 spiro atoms. The summed E-state index contributed by atoms with van der Waals surface area (Å²) in [6.45, 7) is 4.47. The van der Waals surface area contributed by atoms with Crippen LogP contribution in [0.15, 0.2) is 84.6 Å². The number of fused-ring (bicyclic) bond motifs is 3. The maximum atomic E-state index is 12.8. The number of pyridine rings is 1. The van der Waals surface area contributed by atoms with Crippen LogP contribution < -0.4 is 4.90 Å². The number of benzene rings is 2. The molecule has 0 amide bonds. The van der Waals surface area contributed by atoms with Gasteiger partial charge in [-0.15, -0.1) is 0 Å². The van der Waals surface area contributed by atoms with E-state index >= 15 is 0 Å². The number of aromatic nitrogens is 1. The molecule has 0 N–H and O–H groups in total. The van der Waals surface area contributed by atoms with Crippen molar-refractivity contribution in [2.24, 2.45) is 0 Å². The second-order valence-corrected chi connectivity index (χ2v) is 11.1. The second kappa shape index (κ2) is 7.24. The van der Waals surface area contributed by atoms with Gasteiger partial charge in [0, 0.05) is 0 Å². The van der Waals surface area contributed by atoms with E-state index < -0.39 is 0 Å². The SMILES string of the molecule is CC1(C)c2ccccc2N(c2ccc(C=C3C(=O)c4ccccc4C3=O)[se]2)c2ncccc21. The predicted octanol–water partition coefficient (Wildman–Crippen LogP) is 5.71. The number of rotatable bonds is 2. The van der Waals surface area contributed by atoms with E-state index in [4.69, 9.17) is 4.98 Å². The van der Waals surface area contributed by atoms with E-state index in [-0.39, 0.29) is 37.1 Å². The van der Waals surface area contributed by atoms with Gasteiger partial charge in [0.25, 0.3) is 0 Å². The summed E-state index contributed by atoms with van der Waals surface area (Å²) in [7, 11) is 0. The summed E-state index contributed by atoms with van der Waals surface area (Å²) >= 11 is -0.0777. The molecule has 2 aromatic carbocycles. The van der Waals surface area contributed by atoms with Gasteiger partial charge in [0.05, 0.1) is 0 Å². The van der Waals surface area contributed by atoms with Crippen molar-refractivity contribution in [2.45, 2.75) is 19.3 Å². The molecule has 5 heteroatoms. The van der Waals surface area contributed by atoms with Crippen molar-refractivity contribution in [1.29, 1.82) is 0 Å². The third-order valence-electron chi connectivity index (χ3n) is 6.52. The van der Waals surface area contributed by atoms with E-state index in [0.29, 0.717) is 11.1 Å². The Balaban J connectivity index is 1.45. The number of nitrogens with zero attached hydrogens (tertiary/aromatic N) is 2. The monoisotopic (exact) mass is 496 g/mol. The first-order valence-corrected chi connectivity index (χ1v) is 12.5. The Hall–Kier alpha value is -3.53. The van der Waals surface area contributed by atoms with Gasteiger partial charge in [-0.05, 0) is 0 Å². The number of hydrogen-bond donors (Lipinski definition) is 0. The molecule has 0 fully saturated rings. The molecule has 160 valence electrons. The zero-order valence-electron chi connectivity index (χ0n) is 18.2. The number of carbonyl (C=O) groups excluding carboxylic acids is 2. The van der Waals surface area contributed by atoms with Gasteiger partial charge < -0.3 is 0 Å². The molecule has 0 atom stereocenters. The van der Waals surface area contributed by atoms with Crippen LogP contribution in [0.4, 0.5) is 16.1 Å². The topological polar surface area (TPSA) is 50.3 Å². The fourth-order valence-electron chi connectivity index (χ4n) is 4.83. The molecule has 0 unspecified atom stereocenters. The number of anilines is 3. The molecule has 0 bridgehead atoms. The van der Waals surface area contributed by atoms with E-state index in [2.05, 4.69) is 55.1 Å². The molecular formula is C28H20N2O2Se. The predicted molar refractivity (Wildman–Crippen MR) is 131 cm³/mol. The van der Waals surface area contributed by atoms with Crippen LogP contribution in [0.3, 0.4) is 0 Å². The average molecular weight is 495 g/mol. The van der Waals surface area contributed by atoms with Crippen molar-refractivity contribution < 1.29 is 9.59 Å². The Morgan fingerprint density at radius 2 is 1.48 bits per heavy atom. The minimum absolute atomic E-state index is 0.0777. The van der Waals surface area contributed by atoms with Crippen molar-refractivity contribution in [2.75, 3.05) is 4.90 Å². The first kappa shape index (κ1) is 20.1. The number of Topliss-reactive ketones (excluding diaryl/α,β-unsaturated/α-hetero) is 2. The summed E-state index contributed by atoms with van der Waals surface area (Å²) in [6, 6.07) is 23.8. The Morgan fingerprint density at radius 1 is 0.818 bits per heavy atom. The molecule has 4 nitrogen and oxygen atoms in total. The van der Waals surface area contributed by atoms with Crippen LogP contribution >= 0.6 is 0 Å². The normalized spacial score (nSPS) is 15.8. The van der Waals surface area contributed by atoms with Crippen molar-refractivity contribution in [3.63, 3.8) is 0 Å². The summed E-state index contributed by atoms with van der Waals surface area (Å²) < 4.78 is 2.13. The summed E-state index contributed by atoms with van der Waals surface area (Å²) in [4.78, 5) is 32.7. The van der Waals surface area contributed by atoms with Gasteiger partial charge in [-0.25, -0.2) is 0 Å². The molecule has 1 aliphatic heterocycles. The van der Waals surface area contributed by atoms with Crippen LogP contribution in [0.2, 0.25) is 0 Å². The van der Waals surface area contributed by atoms with Gasteiger partial charge in [0.2, 0.25) is 0 Å². The maximum absolute atomic E-state index is 12.8. The van der Waals surface area contributed by atoms with E-state index in [1.807, 2.05) is 18.3 Å². The molecule has 2 aliphatic rings. The van der Waals surface area contributed by atoms with E-state index in [1.165, 1.54) is 11.1 Å². The number of para-hydroxylation sites is 1. The van der Waals surface area contributed by atoms with Crippen molar-refractivity contribution in [3.05, 3.63) is 111 Å². The first-order chi connectivity index (χ1) is 16.0. The quantitative estimate of drug-likeness (QED) is 0.203. The standard InChI is InChI=1S/C28H20N2O2Se/c1-28(2)21-10-5-6-12-23(21)30(27-22(28)11-7-15-29-27)24-14-13-17(33-24)16-20-25(31)18-8-3-4-9-19(18)26(20)32/h3-16H,1-2H3. The Labute approximate surface area is 198 Å². The fourth-order valence-corrected chi connectivity index (χ4v) is 6.86. The first-order valence-electron chi connectivity index (χ1n) is 10.8. The summed E-state index contributed by atoms with van der Waals surface area (Å²) in [5, 5.41) is 0. The molecule has 1 aliphatic carbocycles. The zero-order valence-corrected chi connectivity index (χ0v) is 19.9. The van der Waals surface area contributed by atoms with Crippen LogP contribution in [-0.2, 0) is 5.41 Å². The van der Waals surface area contributed by atoms with Crippen molar-refractivity contribution in [1.82, 2.24) is 4.98 Å². The molecule has 0 saturated carbocycles. The zero-order chi connectivity index (χ0) is 22.7. The molecule has 0 saturated heterocycles. The van der Waals surface area contributed by atoms with Crippen LogP contribution in [0, 0.1) is 0 Å².